The Bertz CT molecular complexity index is 1230. The SMILES string of the molecule is Cc1cc(NC(=O)C2=C(O)c3cnn(Cc4ccccc4)c3S(=O)(=O)N2C)no1. The number of rotatable bonds is 4. The number of nitrogens with zero attached hydrogens (tertiary/aromatic N) is 4. The molecule has 4 rings (SSSR count). The molecule has 3 heterocycles. The third-order valence-corrected chi connectivity index (χ3v) is 6.27. The predicted molar refractivity (Wildman–Crippen MR) is 102 cm³/mol. The van der Waals surface area contributed by atoms with Crippen molar-refractivity contribution in [3.8, 4) is 0 Å². The van der Waals surface area contributed by atoms with Gasteiger partial charge in [-0.3, -0.25) is 9.10 Å². The van der Waals surface area contributed by atoms with E-state index in [4.69, 9.17) is 4.52 Å². The highest BCUT2D eigenvalue weighted by atomic mass is 32.2. The van der Waals surface area contributed by atoms with E-state index in [1.165, 1.54) is 24.0 Å². The van der Waals surface area contributed by atoms with E-state index in [1.807, 2.05) is 30.3 Å². The van der Waals surface area contributed by atoms with Crippen LogP contribution in [0.25, 0.3) is 5.76 Å². The van der Waals surface area contributed by atoms with Crippen molar-refractivity contribution in [3.63, 3.8) is 0 Å². The van der Waals surface area contributed by atoms with Crippen LogP contribution in [0.15, 0.2) is 57.8 Å². The van der Waals surface area contributed by atoms with Crippen molar-refractivity contribution in [2.75, 3.05) is 12.4 Å². The van der Waals surface area contributed by atoms with Crippen molar-refractivity contribution in [1.82, 2.24) is 19.2 Å². The maximum atomic E-state index is 13.1. The number of sulfonamides is 1. The van der Waals surface area contributed by atoms with Gasteiger partial charge in [0.25, 0.3) is 15.9 Å². The summed E-state index contributed by atoms with van der Waals surface area (Å²) in [6, 6.07) is 10.6. The number of fused-ring (bicyclic) bond motifs is 1. The number of amides is 1. The van der Waals surface area contributed by atoms with E-state index in [0.717, 1.165) is 9.87 Å². The largest absolute Gasteiger partial charge is 0.505 e. The Hall–Kier alpha value is -3.60. The van der Waals surface area contributed by atoms with Crippen molar-refractivity contribution < 1.29 is 22.8 Å². The molecular weight excluding hydrogens is 398 g/mol. The van der Waals surface area contributed by atoms with E-state index >= 15 is 0 Å². The van der Waals surface area contributed by atoms with Crippen LogP contribution in [0, 0.1) is 6.92 Å². The van der Waals surface area contributed by atoms with Crippen molar-refractivity contribution in [3.05, 3.63) is 65.2 Å². The van der Waals surface area contributed by atoms with E-state index in [9.17, 15) is 18.3 Å². The highest BCUT2D eigenvalue weighted by Gasteiger charge is 2.41. The molecule has 0 atom stereocenters. The topological polar surface area (TPSA) is 131 Å². The average Bonchev–Trinajstić information content (AvgIpc) is 3.28. The van der Waals surface area contributed by atoms with Gasteiger partial charge in [0.2, 0.25) is 0 Å². The number of likely N-dealkylation sites (N-methyl/N-ethyl adjacent to an activating group) is 1. The first kappa shape index (κ1) is 18.7. The summed E-state index contributed by atoms with van der Waals surface area (Å²) >= 11 is 0. The fourth-order valence-corrected chi connectivity index (χ4v) is 4.53. The maximum absolute atomic E-state index is 13.1. The zero-order valence-electron chi connectivity index (χ0n) is 15.5. The second kappa shape index (κ2) is 6.78. The predicted octanol–water partition coefficient (Wildman–Crippen LogP) is 1.73. The quantitative estimate of drug-likeness (QED) is 0.663. The molecule has 0 radical (unpaired) electrons. The lowest BCUT2D eigenvalue weighted by Gasteiger charge is -2.27. The molecule has 1 aliphatic rings. The zero-order chi connectivity index (χ0) is 20.8. The van der Waals surface area contributed by atoms with Crippen molar-refractivity contribution in [2.45, 2.75) is 18.5 Å². The van der Waals surface area contributed by atoms with E-state index in [0.29, 0.717) is 5.76 Å². The molecule has 3 aromatic rings. The number of carbonyl (C=O) groups excluding carboxylic acids is 1. The number of aryl methyl sites for hydroxylation is 1. The summed E-state index contributed by atoms with van der Waals surface area (Å²) in [5.74, 6) is -0.769. The Morgan fingerprint density at radius 1 is 1.28 bits per heavy atom. The van der Waals surface area contributed by atoms with E-state index in [2.05, 4.69) is 15.6 Å². The molecule has 1 aromatic carbocycles. The monoisotopic (exact) mass is 415 g/mol. The number of hydrogen-bond donors (Lipinski definition) is 2. The van der Waals surface area contributed by atoms with Crippen LogP contribution < -0.4 is 5.32 Å². The standard InChI is InChI=1S/C18H17N5O5S/c1-11-8-14(21-28-11)20-17(25)15-16(24)13-9-19-23(10-12-6-4-3-5-7-12)18(13)29(26,27)22(15)2/h3-9,24H,10H2,1-2H3,(H,20,21,25). The molecule has 11 heteroatoms. The van der Waals surface area contributed by atoms with Crippen LogP contribution in [-0.2, 0) is 21.4 Å². The van der Waals surface area contributed by atoms with Crippen LogP contribution in [0.5, 0.6) is 0 Å². The van der Waals surface area contributed by atoms with Crippen LogP contribution in [0.2, 0.25) is 0 Å². The summed E-state index contributed by atoms with van der Waals surface area (Å²) in [5.41, 5.74) is 0.364. The number of hydrogen-bond acceptors (Lipinski definition) is 7. The van der Waals surface area contributed by atoms with Gasteiger partial charge in [0.15, 0.2) is 22.3 Å². The number of nitrogens with one attached hydrogen (secondary N) is 1. The van der Waals surface area contributed by atoms with Gasteiger partial charge >= 0.3 is 0 Å². The molecule has 0 bridgehead atoms. The Morgan fingerprint density at radius 2 is 2.00 bits per heavy atom. The second-order valence-electron chi connectivity index (χ2n) is 6.45. The molecule has 0 spiro atoms. The molecule has 1 aliphatic heterocycles. The first-order chi connectivity index (χ1) is 13.8. The van der Waals surface area contributed by atoms with Crippen LogP contribution in [0.4, 0.5) is 5.82 Å². The van der Waals surface area contributed by atoms with Crippen molar-refractivity contribution in [2.24, 2.45) is 0 Å². The summed E-state index contributed by atoms with van der Waals surface area (Å²) in [7, 11) is -2.94. The Balaban J connectivity index is 1.76. The minimum Gasteiger partial charge on any atom is -0.505 e. The zero-order valence-corrected chi connectivity index (χ0v) is 16.3. The summed E-state index contributed by atoms with van der Waals surface area (Å²) in [6.07, 6.45) is 1.23. The van der Waals surface area contributed by atoms with Gasteiger partial charge in [-0.2, -0.15) is 13.5 Å². The molecule has 1 amide bonds. The molecule has 0 aliphatic carbocycles. The smallest absolute Gasteiger partial charge is 0.282 e. The Kier molecular flexibility index (Phi) is 4.38. The molecule has 150 valence electrons. The van der Waals surface area contributed by atoms with Crippen molar-refractivity contribution >= 4 is 27.5 Å². The van der Waals surface area contributed by atoms with Gasteiger partial charge in [-0.15, -0.1) is 0 Å². The summed E-state index contributed by atoms with van der Waals surface area (Å²) < 4.78 is 33.1. The normalized spacial score (nSPS) is 15.3. The van der Waals surface area contributed by atoms with E-state index < -0.39 is 27.4 Å². The molecule has 2 N–H and O–H groups in total. The number of aliphatic hydroxyl groups excluding tert-OH is 1. The van der Waals surface area contributed by atoms with E-state index in [1.54, 1.807) is 6.92 Å². The van der Waals surface area contributed by atoms with Crippen molar-refractivity contribution in [1.29, 1.82) is 0 Å². The highest BCUT2D eigenvalue weighted by Crippen LogP contribution is 2.35. The van der Waals surface area contributed by atoms with Gasteiger partial charge in [-0.05, 0) is 12.5 Å². The van der Waals surface area contributed by atoms with Crippen LogP contribution >= 0.6 is 0 Å². The van der Waals surface area contributed by atoms with Crippen LogP contribution in [-0.4, -0.2) is 45.7 Å². The summed E-state index contributed by atoms with van der Waals surface area (Å²) in [4.78, 5) is 12.6. The van der Waals surface area contributed by atoms with Gasteiger partial charge in [-0.1, -0.05) is 35.5 Å². The fourth-order valence-electron chi connectivity index (χ4n) is 3.06. The molecule has 29 heavy (non-hydrogen) atoms. The number of carbonyl (C=O) groups is 1. The third kappa shape index (κ3) is 3.14. The third-order valence-electron chi connectivity index (χ3n) is 4.45. The highest BCUT2D eigenvalue weighted by molar-refractivity contribution is 7.89. The number of aliphatic hydroxyl groups is 1. The lowest BCUT2D eigenvalue weighted by molar-refractivity contribution is -0.113. The summed E-state index contributed by atoms with van der Waals surface area (Å²) in [5, 5.41) is 20.6. The molecule has 2 aromatic heterocycles. The number of benzene rings is 1. The molecule has 0 fully saturated rings. The molecule has 0 saturated carbocycles. The van der Waals surface area contributed by atoms with Gasteiger partial charge in [0.05, 0.1) is 18.3 Å². The lowest BCUT2D eigenvalue weighted by Crippen LogP contribution is -2.38. The van der Waals surface area contributed by atoms with Gasteiger partial charge in [-0.25, -0.2) is 4.68 Å². The Labute approximate surface area is 166 Å². The first-order valence-electron chi connectivity index (χ1n) is 8.56. The lowest BCUT2D eigenvalue weighted by atomic mass is 10.2. The second-order valence-corrected chi connectivity index (χ2v) is 8.34. The maximum Gasteiger partial charge on any atom is 0.282 e. The van der Waals surface area contributed by atoms with E-state index in [-0.39, 0.29) is 23.0 Å². The minimum atomic E-state index is -4.13. The average molecular weight is 415 g/mol. The molecule has 10 nitrogen and oxygen atoms in total. The molecule has 0 unspecified atom stereocenters. The minimum absolute atomic E-state index is 0.0412. The van der Waals surface area contributed by atoms with Crippen LogP contribution in [0.3, 0.4) is 0 Å². The van der Waals surface area contributed by atoms with Gasteiger partial charge in [0, 0.05) is 13.1 Å². The summed E-state index contributed by atoms with van der Waals surface area (Å²) in [6.45, 7) is 1.83. The molecule has 0 saturated heterocycles. The number of aromatic nitrogens is 3. The number of anilines is 1. The van der Waals surface area contributed by atoms with Gasteiger partial charge in [0.1, 0.15) is 5.76 Å². The van der Waals surface area contributed by atoms with Gasteiger partial charge < -0.3 is 14.9 Å². The van der Waals surface area contributed by atoms with Crippen LogP contribution in [0.1, 0.15) is 16.9 Å². The first-order valence-corrected chi connectivity index (χ1v) is 10.00. The Morgan fingerprint density at radius 3 is 2.66 bits per heavy atom. The fraction of sp³-hybridized carbons (Fsp3) is 0.167. The molecular formula is C18H17N5O5S.